The molecule has 0 unspecified atom stereocenters. The molecule has 18 heavy (non-hydrogen) atoms. The van der Waals surface area contributed by atoms with Crippen molar-refractivity contribution in [2.75, 3.05) is 0 Å². The SMILES string of the molecule is O=C(Oc1cccs1)c1cnc2ccccc2c1. The number of nitrogens with zero attached hydrogens (tertiary/aromatic N) is 1. The lowest BCUT2D eigenvalue weighted by atomic mass is 10.2. The van der Waals surface area contributed by atoms with Crippen LogP contribution in [0.3, 0.4) is 0 Å². The average molecular weight is 255 g/mol. The summed E-state index contributed by atoms with van der Waals surface area (Å²) in [4.78, 5) is 16.1. The van der Waals surface area contributed by atoms with Gasteiger partial charge in [-0.3, -0.25) is 4.98 Å². The van der Waals surface area contributed by atoms with Crippen LogP contribution in [0, 0.1) is 0 Å². The van der Waals surface area contributed by atoms with E-state index in [1.165, 1.54) is 17.5 Å². The highest BCUT2D eigenvalue weighted by Crippen LogP contribution is 2.20. The molecule has 0 bridgehead atoms. The average Bonchev–Trinajstić information content (AvgIpc) is 2.91. The first-order chi connectivity index (χ1) is 8.83. The van der Waals surface area contributed by atoms with Gasteiger partial charge < -0.3 is 4.74 Å². The van der Waals surface area contributed by atoms with Crippen LogP contribution in [0.25, 0.3) is 10.9 Å². The van der Waals surface area contributed by atoms with Gasteiger partial charge in [0.05, 0.1) is 11.1 Å². The van der Waals surface area contributed by atoms with Gasteiger partial charge >= 0.3 is 5.97 Å². The number of carbonyl (C=O) groups is 1. The highest BCUT2D eigenvalue weighted by atomic mass is 32.1. The highest BCUT2D eigenvalue weighted by molar-refractivity contribution is 7.11. The summed E-state index contributed by atoms with van der Waals surface area (Å²) in [5.74, 6) is -0.379. The van der Waals surface area contributed by atoms with E-state index in [1.807, 2.05) is 35.7 Å². The lowest BCUT2D eigenvalue weighted by Gasteiger charge is -2.02. The zero-order valence-electron chi connectivity index (χ0n) is 9.37. The van der Waals surface area contributed by atoms with E-state index in [9.17, 15) is 4.79 Å². The second-order valence-electron chi connectivity index (χ2n) is 3.74. The Morgan fingerprint density at radius 1 is 1.17 bits per heavy atom. The zero-order valence-corrected chi connectivity index (χ0v) is 10.2. The Morgan fingerprint density at radius 2 is 2.06 bits per heavy atom. The van der Waals surface area contributed by atoms with Gasteiger partial charge in [0.25, 0.3) is 0 Å². The molecule has 0 saturated heterocycles. The molecule has 0 N–H and O–H groups in total. The van der Waals surface area contributed by atoms with E-state index < -0.39 is 0 Å². The third kappa shape index (κ3) is 2.10. The predicted octanol–water partition coefficient (Wildman–Crippen LogP) is 3.52. The summed E-state index contributed by atoms with van der Waals surface area (Å²) in [5.41, 5.74) is 1.33. The number of rotatable bonds is 2. The summed E-state index contributed by atoms with van der Waals surface area (Å²) in [7, 11) is 0. The normalized spacial score (nSPS) is 10.4. The third-order valence-corrected chi connectivity index (χ3v) is 3.26. The Balaban J connectivity index is 1.92. The number of aromatic nitrogens is 1. The van der Waals surface area contributed by atoms with E-state index in [2.05, 4.69) is 4.98 Å². The van der Waals surface area contributed by atoms with Gasteiger partial charge in [-0.2, -0.15) is 0 Å². The van der Waals surface area contributed by atoms with Crippen molar-refractivity contribution in [2.45, 2.75) is 0 Å². The quantitative estimate of drug-likeness (QED) is 0.658. The van der Waals surface area contributed by atoms with Gasteiger partial charge in [0, 0.05) is 11.6 Å². The molecule has 0 aliphatic rings. The molecule has 4 heteroatoms. The number of ether oxygens (including phenoxy) is 1. The number of esters is 1. The van der Waals surface area contributed by atoms with E-state index in [0.717, 1.165) is 10.9 Å². The second-order valence-corrected chi connectivity index (χ2v) is 4.65. The standard InChI is InChI=1S/C14H9NO2S/c16-14(17-13-6-3-7-18-13)11-8-10-4-1-2-5-12(10)15-9-11/h1-9H. The van der Waals surface area contributed by atoms with E-state index in [-0.39, 0.29) is 5.97 Å². The molecule has 1 aromatic carbocycles. The largest absolute Gasteiger partial charge is 0.412 e. The van der Waals surface area contributed by atoms with Gasteiger partial charge in [0.1, 0.15) is 0 Å². The van der Waals surface area contributed by atoms with E-state index >= 15 is 0 Å². The number of benzene rings is 1. The summed E-state index contributed by atoms with van der Waals surface area (Å²) in [5, 5.41) is 3.38. The van der Waals surface area contributed by atoms with Crippen molar-refractivity contribution in [3.8, 4) is 5.06 Å². The van der Waals surface area contributed by atoms with Gasteiger partial charge in [-0.1, -0.05) is 18.2 Å². The summed E-state index contributed by atoms with van der Waals surface area (Å²) >= 11 is 1.39. The van der Waals surface area contributed by atoms with E-state index in [1.54, 1.807) is 12.1 Å². The van der Waals surface area contributed by atoms with Crippen LogP contribution in [-0.2, 0) is 0 Å². The van der Waals surface area contributed by atoms with Gasteiger partial charge in [-0.05, 0) is 29.6 Å². The lowest BCUT2D eigenvalue weighted by Crippen LogP contribution is -2.07. The van der Waals surface area contributed by atoms with Crippen molar-refractivity contribution in [1.29, 1.82) is 0 Å². The number of hydrogen-bond donors (Lipinski definition) is 0. The van der Waals surface area contributed by atoms with Crippen LogP contribution >= 0.6 is 11.3 Å². The Bertz CT molecular complexity index is 692. The highest BCUT2D eigenvalue weighted by Gasteiger charge is 2.10. The minimum atomic E-state index is -0.379. The molecule has 0 saturated carbocycles. The van der Waals surface area contributed by atoms with Crippen LogP contribution in [0.15, 0.2) is 54.0 Å². The molecule has 0 radical (unpaired) electrons. The first kappa shape index (κ1) is 10.9. The molecule has 0 spiro atoms. The molecule has 2 aromatic heterocycles. The monoisotopic (exact) mass is 255 g/mol. The zero-order chi connectivity index (χ0) is 12.4. The molecular weight excluding hydrogens is 246 g/mol. The van der Waals surface area contributed by atoms with Crippen LogP contribution in [0.4, 0.5) is 0 Å². The first-order valence-corrected chi connectivity index (χ1v) is 6.31. The van der Waals surface area contributed by atoms with Gasteiger partial charge in [-0.15, -0.1) is 11.3 Å². The van der Waals surface area contributed by atoms with Gasteiger partial charge in [-0.25, -0.2) is 4.79 Å². The summed E-state index contributed by atoms with van der Waals surface area (Å²) in [6.45, 7) is 0. The lowest BCUT2D eigenvalue weighted by molar-refractivity contribution is 0.0740. The van der Waals surface area contributed by atoms with E-state index in [0.29, 0.717) is 10.6 Å². The summed E-state index contributed by atoms with van der Waals surface area (Å²) < 4.78 is 5.23. The van der Waals surface area contributed by atoms with Crippen molar-refractivity contribution in [3.63, 3.8) is 0 Å². The smallest absolute Gasteiger partial charge is 0.345 e. The van der Waals surface area contributed by atoms with Crippen molar-refractivity contribution >= 4 is 28.2 Å². The second kappa shape index (κ2) is 4.58. The van der Waals surface area contributed by atoms with Crippen LogP contribution < -0.4 is 4.74 Å². The number of para-hydroxylation sites is 1. The van der Waals surface area contributed by atoms with Crippen LogP contribution in [0.2, 0.25) is 0 Å². The molecule has 0 aliphatic heterocycles. The Kier molecular flexibility index (Phi) is 2.78. The van der Waals surface area contributed by atoms with Gasteiger partial charge in [0.2, 0.25) is 0 Å². The molecule has 0 aliphatic carbocycles. The molecule has 88 valence electrons. The first-order valence-electron chi connectivity index (χ1n) is 5.43. The maximum absolute atomic E-state index is 11.9. The minimum Gasteiger partial charge on any atom is -0.412 e. The fourth-order valence-electron chi connectivity index (χ4n) is 1.65. The summed E-state index contributed by atoms with van der Waals surface area (Å²) in [6.07, 6.45) is 1.54. The third-order valence-electron chi connectivity index (χ3n) is 2.51. The number of hydrogen-bond acceptors (Lipinski definition) is 4. The number of fused-ring (bicyclic) bond motifs is 1. The molecule has 0 fully saturated rings. The number of carbonyl (C=O) groups excluding carboxylic acids is 1. The van der Waals surface area contributed by atoms with Crippen molar-refractivity contribution in [1.82, 2.24) is 4.98 Å². The fourth-order valence-corrected chi connectivity index (χ4v) is 2.23. The Morgan fingerprint density at radius 3 is 2.89 bits per heavy atom. The molecule has 0 amide bonds. The number of thiophene rings is 1. The van der Waals surface area contributed by atoms with Crippen molar-refractivity contribution in [3.05, 3.63) is 59.6 Å². The molecule has 2 heterocycles. The maximum atomic E-state index is 11.9. The summed E-state index contributed by atoms with van der Waals surface area (Å²) in [6, 6.07) is 13.0. The molecule has 3 aromatic rings. The maximum Gasteiger partial charge on any atom is 0.345 e. The van der Waals surface area contributed by atoms with Crippen molar-refractivity contribution in [2.24, 2.45) is 0 Å². The van der Waals surface area contributed by atoms with E-state index in [4.69, 9.17) is 4.74 Å². The predicted molar refractivity (Wildman–Crippen MR) is 71.0 cm³/mol. The number of pyridine rings is 1. The van der Waals surface area contributed by atoms with Crippen molar-refractivity contribution < 1.29 is 9.53 Å². The van der Waals surface area contributed by atoms with Crippen LogP contribution in [0.5, 0.6) is 5.06 Å². The Labute approximate surface area is 108 Å². The van der Waals surface area contributed by atoms with Gasteiger partial charge in [0.15, 0.2) is 5.06 Å². The fraction of sp³-hybridized carbons (Fsp3) is 0. The molecular formula is C14H9NO2S. The van der Waals surface area contributed by atoms with Crippen LogP contribution in [-0.4, -0.2) is 11.0 Å². The topological polar surface area (TPSA) is 39.2 Å². The molecule has 3 nitrogen and oxygen atoms in total. The van der Waals surface area contributed by atoms with Crippen LogP contribution in [0.1, 0.15) is 10.4 Å². The Hall–Kier alpha value is -2.20. The molecule has 3 rings (SSSR count). The molecule has 0 atom stereocenters. The minimum absolute atomic E-state index is 0.379.